The maximum absolute atomic E-state index is 5.88. The molecule has 2 atom stereocenters. The first-order valence-electron chi connectivity index (χ1n) is 5.13. The van der Waals surface area contributed by atoms with Gasteiger partial charge >= 0.3 is 0 Å². The zero-order valence-electron chi connectivity index (χ0n) is 8.48. The highest BCUT2D eigenvalue weighted by Crippen LogP contribution is 2.29. The number of benzene rings is 1. The van der Waals surface area contributed by atoms with Crippen LogP contribution in [0.2, 0.25) is 0 Å². The van der Waals surface area contributed by atoms with Crippen molar-refractivity contribution in [3.8, 4) is 0 Å². The normalized spacial score (nSPS) is 26.6. The standard InChI is InChI=1S/C12H16OS/c1-10-12(7-8-14-10)13-9-11-5-3-2-4-6-11/h2-6,10,12H,7-9H2,1H3. The quantitative estimate of drug-likeness (QED) is 0.755. The molecule has 14 heavy (non-hydrogen) atoms. The summed E-state index contributed by atoms with van der Waals surface area (Å²) in [4.78, 5) is 0. The molecule has 1 aliphatic rings. The van der Waals surface area contributed by atoms with Crippen LogP contribution in [-0.2, 0) is 11.3 Å². The predicted molar refractivity (Wildman–Crippen MR) is 61.6 cm³/mol. The van der Waals surface area contributed by atoms with Gasteiger partial charge in [0.15, 0.2) is 0 Å². The highest BCUT2D eigenvalue weighted by molar-refractivity contribution is 8.00. The van der Waals surface area contributed by atoms with Gasteiger partial charge in [0.1, 0.15) is 0 Å². The molecule has 1 fully saturated rings. The lowest BCUT2D eigenvalue weighted by molar-refractivity contribution is 0.0446. The zero-order chi connectivity index (χ0) is 9.80. The Morgan fingerprint density at radius 3 is 2.79 bits per heavy atom. The number of ether oxygens (including phenoxy) is 1. The molecule has 2 heteroatoms. The Kier molecular flexibility index (Phi) is 3.49. The van der Waals surface area contributed by atoms with E-state index in [9.17, 15) is 0 Å². The van der Waals surface area contributed by atoms with Crippen molar-refractivity contribution in [2.75, 3.05) is 5.75 Å². The summed E-state index contributed by atoms with van der Waals surface area (Å²) in [6.07, 6.45) is 1.67. The minimum absolute atomic E-state index is 0.459. The Labute approximate surface area is 89.9 Å². The van der Waals surface area contributed by atoms with Crippen molar-refractivity contribution in [2.24, 2.45) is 0 Å². The lowest BCUT2D eigenvalue weighted by atomic mass is 10.2. The second-order valence-electron chi connectivity index (χ2n) is 3.70. The fourth-order valence-corrected chi connectivity index (χ4v) is 2.88. The lowest BCUT2D eigenvalue weighted by Gasteiger charge is -2.15. The first kappa shape index (κ1) is 10.1. The Balaban J connectivity index is 1.82. The summed E-state index contributed by atoms with van der Waals surface area (Å²) in [6.45, 7) is 3.02. The lowest BCUT2D eigenvalue weighted by Crippen LogP contribution is -2.18. The highest BCUT2D eigenvalue weighted by Gasteiger charge is 2.24. The van der Waals surface area contributed by atoms with Gasteiger partial charge in [-0.3, -0.25) is 0 Å². The molecule has 76 valence electrons. The van der Waals surface area contributed by atoms with Crippen molar-refractivity contribution < 1.29 is 4.74 Å². The summed E-state index contributed by atoms with van der Waals surface area (Å²) in [5, 5.41) is 0.665. The molecular weight excluding hydrogens is 192 g/mol. The molecule has 1 aromatic rings. The van der Waals surface area contributed by atoms with Crippen LogP contribution < -0.4 is 0 Å². The van der Waals surface area contributed by atoms with E-state index in [2.05, 4.69) is 31.2 Å². The molecule has 2 unspecified atom stereocenters. The Hall–Kier alpha value is -0.470. The minimum atomic E-state index is 0.459. The first-order chi connectivity index (χ1) is 6.86. The molecule has 1 aromatic carbocycles. The zero-order valence-corrected chi connectivity index (χ0v) is 9.30. The number of rotatable bonds is 3. The Morgan fingerprint density at radius 1 is 1.36 bits per heavy atom. The fraction of sp³-hybridized carbons (Fsp3) is 0.500. The molecular formula is C12H16OS. The van der Waals surface area contributed by atoms with Gasteiger partial charge in [0.2, 0.25) is 0 Å². The third-order valence-electron chi connectivity index (χ3n) is 2.61. The molecule has 0 amide bonds. The summed E-state index contributed by atoms with van der Waals surface area (Å²) >= 11 is 2.02. The van der Waals surface area contributed by atoms with Gasteiger partial charge < -0.3 is 4.74 Å². The molecule has 0 saturated carbocycles. The van der Waals surface area contributed by atoms with Gasteiger partial charge in [-0.05, 0) is 17.7 Å². The van der Waals surface area contributed by atoms with Gasteiger partial charge in [-0.15, -0.1) is 0 Å². The average molecular weight is 208 g/mol. The third-order valence-corrected chi connectivity index (χ3v) is 3.91. The van der Waals surface area contributed by atoms with Crippen molar-refractivity contribution in [3.05, 3.63) is 35.9 Å². The van der Waals surface area contributed by atoms with E-state index in [-0.39, 0.29) is 0 Å². The topological polar surface area (TPSA) is 9.23 Å². The van der Waals surface area contributed by atoms with Gasteiger partial charge in [-0.1, -0.05) is 37.3 Å². The average Bonchev–Trinajstić information content (AvgIpc) is 2.63. The molecule has 1 heterocycles. The van der Waals surface area contributed by atoms with E-state index in [4.69, 9.17) is 4.74 Å². The number of hydrogen-bond donors (Lipinski definition) is 0. The highest BCUT2D eigenvalue weighted by atomic mass is 32.2. The van der Waals surface area contributed by atoms with Gasteiger partial charge in [-0.2, -0.15) is 11.8 Å². The van der Waals surface area contributed by atoms with E-state index >= 15 is 0 Å². The summed E-state index contributed by atoms with van der Waals surface area (Å²) in [7, 11) is 0. The number of hydrogen-bond acceptors (Lipinski definition) is 2. The van der Waals surface area contributed by atoms with Gasteiger partial charge in [0.05, 0.1) is 12.7 Å². The van der Waals surface area contributed by atoms with Crippen LogP contribution in [0.3, 0.4) is 0 Å². The van der Waals surface area contributed by atoms with Crippen LogP contribution in [0.5, 0.6) is 0 Å². The third kappa shape index (κ3) is 2.52. The van der Waals surface area contributed by atoms with Crippen LogP contribution in [0.4, 0.5) is 0 Å². The van der Waals surface area contributed by atoms with Crippen molar-refractivity contribution in [3.63, 3.8) is 0 Å². The second-order valence-corrected chi connectivity index (χ2v) is 5.18. The Morgan fingerprint density at radius 2 is 2.14 bits per heavy atom. The van der Waals surface area contributed by atoms with Gasteiger partial charge in [-0.25, -0.2) is 0 Å². The van der Waals surface area contributed by atoms with Crippen molar-refractivity contribution in [2.45, 2.75) is 31.3 Å². The first-order valence-corrected chi connectivity index (χ1v) is 6.18. The molecule has 0 radical (unpaired) electrons. The van der Waals surface area contributed by atoms with Crippen LogP contribution in [0.1, 0.15) is 18.9 Å². The molecule has 0 N–H and O–H groups in total. The maximum Gasteiger partial charge on any atom is 0.0721 e. The molecule has 1 saturated heterocycles. The van der Waals surface area contributed by atoms with E-state index < -0.39 is 0 Å². The van der Waals surface area contributed by atoms with Crippen LogP contribution in [0.25, 0.3) is 0 Å². The molecule has 0 aromatic heterocycles. The largest absolute Gasteiger partial charge is 0.372 e. The summed E-state index contributed by atoms with van der Waals surface area (Å²) in [6, 6.07) is 10.4. The summed E-state index contributed by atoms with van der Waals surface area (Å²) in [5.74, 6) is 1.25. The molecule has 0 bridgehead atoms. The van der Waals surface area contributed by atoms with Crippen molar-refractivity contribution in [1.82, 2.24) is 0 Å². The van der Waals surface area contributed by atoms with Crippen LogP contribution in [0.15, 0.2) is 30.3 Å². The van der Waals surface area contributed by atoms with Gasteiger partial charge in [0.25, 0.3) is 0 Å². The number of thioether (sulfide) groups is 1. The monoisotopic (exact) mass is 208 g/mol. The van der Waals surface area contributed by atoms with E-state index in [1.165, 1.54) is 17.7 Å². The summed E-state index contributed by atoms with van der Waals surface area (Å²) < 4.78 is 5.88. The Bertz CT molecular complexity index is 273. The second kappa shape index (κ2) is 4.85. The SMILES string of the molecule is CC1SCCC1OCc1ccccc1. The maximum atomic E-state index is 5.88. The molecule has 1 nitrogen and oxygen atoms in total. The molecule has 2 rings (SSSR count). The van der Waals surface area contributed by atoms with Crippen molar-refractivity contribution in [1.29, 1.82) is 0 Å². The minimum Gasteiger partial charge on any atom is -0.372 e. The molecule has 1 aliphatic heterocycles. The van der Waals surface area contributed by atoms with Crippen LogP contribution in [-0.4, -0.2) is 17.1 Å². The molecule has 0 aliphatic carbocycles. The summed E-state index contributed by atoms with van der Waals surface area (Å²) in [5.41, 5.74) is 1.27. The van der Waals surface area contributed by atoms with E-state index in [0.29, 0.717) is 11.4 Å². The fourth-order valence-electron chi connectivity index (χ4n) is 1.71. The molecule has 0 spiro atoms. The van der Waals surface area contributed by atoms with Crippen LogP contribution >= 0.6 is 11.8 Å². The predicted octanol–water partition coefficient (Wildman–Crippen LogP) is 3.10. The van der Waals surface area contributed by atoms with E-state index in [1.807, 2.05) is 17.8 Å². The van der Waals surface area contributed by atoms with Crippen molar-refractivity contribution >= 4 is 11.8 Å². The van der Waals surface area contributed by atoms with E-state index in [1.54, 1.807) is 0 Å². The smallest absolute Gasteiger partial charge is 0.0721 e. The van der Waals surface area contributed by atoms with Gasteiger partial charge in [0, 0.05) is 5.25 Å². The van der Waals surface area contributed by atoms with E-state index in [0.717, 1.165) is 6.61 Å². The van der Waals surface area contributed by atoms with Crippen LogP contribution in [0, 0.1) is 0 Å².